The summed E-state index contributed by atoms with van der Waals surface area (Å²) in [6.07, 6.45) is 0. The number of aromatic amines is 2. The molecule has 0 bridgehead atoms. The first kappa shape index (κ1) is 20.1. The van der Waals surface area contributed by atoms with E-state index in [9.17, 15) is 17.6 Å². The molecular weight excluding hydrogens is 492 g/mol. The maximum atomic E-state index is 14.1. The van der Waals surface area contributed by atoms with Crippen LogP contribution in [0.25, 0.3) is 87.2 Å². The van der Waals surface area contributed by atoms with Gasteiger partial charge in [-0.05, 0) is 10.8 Å². The summed E-state index contributed by atoms with van der Waals surface area (Å²) in [6.45, 7) is 0. The summed E-state index contributed by atoms with van der Waals surface area (Å²) >= 11 is 0. The lowest BCUT2D eigenvalue weighted by Gasteiger charge is -2.07. The molecule has 0 aliphatic carbocycles. The Kier molecular flexibility index (Phi) is 3.42. The Labute approximate surface area is 208 Å². The third-order valence-electron chi connectivity index (χ3n) is 7.71. The Balaban J connectivity index is 1.58. The predicted molar refractivity (Wildman–Crippen MR) is 142 cm³/mol. The lowest BCUT2D eigenvalue weighted by molar-refractivity contribution is 0.510. The molecule has 8 heteroatoms. The lowest BCUT2D eigenvalue weighted by Crippen LogP contribution is -1.90. The molecule has 180 valence electrons. The van der Waals surface area contributed by atoms with E-state index in [4.69, 9.17) is 9.97 Å². The summed E-state index contributed by atoms with van der Waals surface area (Å²) in [6, 6.07) is 16.2. The first-order valence-electron chi connectivity index (χ1n) is 11.9. The third-order valence-corrected chi connectivity index (χ3v) is 7.71. The van der Waals surface area contributed by atoms with Crippen molar-refractivity contribution in [1.29, 1.82) is 0 Å². The highest BCUT2D eigenvalue weighted by Crippen LogP contribution is 2.49. The van der Waals surface area contributed by atoms with Crippen LogP contribution < -0.4 is 0 Å². The standard InChI is InChI=1S/C30H12F4N4/c31-15-7-19-21(9-17(15)33)38-30-26-12-4-2-6-14-24(12)25(11-3-1-5-13(23(11)26)27(30)35-19)29-28(14)36-20-8-16(32)18(34)10-22(20)37-29/h1-10,37-38H. The summed E-state index contributed by atoms with van der Waals surface area (Å²) in [4.78, 5) is 16.1. The normalized spacial score (nSPS) is 12.7. The van der Waals surface area contributed by atoms with Gasteiger partial charge in [-0.3, -0.25) is 0 Å². The minimum Gasteiger partial charge on any atom is -0.351 e. The molecule has 0 atom stereocenters. The highest BCUT2D eigenvalue weighted by molar-refractivity contribution is 6.46. The quantitative estimate of drug-likeness (QED) is 0.161. The molecule has 4 nitrogen and oxygen atoms in total. The van der Waals surface area contributed by atoms with Crippen LogP contribution in [0.2, 0.25) is 0 Å². The van der Waals surface area contributed by atoms with E-state index in [0.29, 0.717) is 33.1 Å². The van der Waals surface area contributed by atoms with E-state index < -0.39 is 23.3 Å². The number of benzene rings is 5. The van der Waals surface area contributed by atoms with Crippen LogP contribution in [-0.4, -0.2) is 19.9 Å². The Bertz CT molecular complexity index is 2330. The van der Waals surface area contributed by atoms with Gasteiger partial charge in [-0.1, -0.05) is 36.4 Å². The molecular formula is C30H12F4N4. The van der Waals surface area contributed by atoms with Gasteiger partial charge in [0.2, 0.25) is 0 Å². The topological polar surface area (TPSA) is 57.4 Å². The molecule has 0 saturated heterocycles. The number of hydrogen-bond donors (Lipinski definition) is 2. The number of H-pyrrole nitrogens is 2. The first-order chi connectivity index (χ1) is 18.5. The minimum absolute atomic E-state index is 0.327. The van der Waals surface area contributed by atoms with Crippen LogP contribution >= 0.6 is 0 Å². The van der Waals surface area contributed by atoms with Gasteiger partial charge in [-0.2, -0.15) is 0 Å². The SMILES string of the molecule is Fc1cc2nc3c4cccc5c4c(c4cccc6c7nc8cc(F)c(F)cc8[nH]c7c5c64)c3[nH]c2cc1F. The fraction of sp³-hybridized carbons (Fsp3) is 0. The van der Waals surface area contributed by atoms with Crippen LogP contribution in [0.15, 0.2) is 60.7 Å². The van der Waals surface area contributed by atoms with Gasteiger partial charge in [0.15, 0.2) is 23.3 Å². The van der Waals surface area contributed by atoms with E-state index in [1.807, 2.05) is 36.4 Å². The Morgan fingerprint density at radius 1 is 0.474 bits per heavy atom. The van der Waals surface area contributed by atoms with Crippen molar-refractivity contribution in [3.63, 3.8) is 0 Å². The van der Waals surface area contributed by atoms with E-state index in [2.05, 4.69) is 9.97 Å². The highest BCUT2D eigenvalue weighted by atomic mass is 19.2. The second kappa shape index (κ2) is 6.47. The number of rotatable bonds is 0. The van der Waals surface area contributed by atoms with Crippen molar-refractivity contribution in [3.05, 3.63) is 83.9 Å². The Morgan fingerprint density at radius 3 is 1.32 bits per heavy atom. The fourth-order valence-electron chi connectivity index (χ4n) is 6.19. The Hall–Kier alpha value is -4.98. The van der Waals surface area contributed by atoms with Gasteiger partial charge in [0.25, 0.3) is 0 Å². The monoisotopic (exact) mass is 504 g/mol. The smallest absolute Gasteiger partial charge is 0.161 e. The zero-order chi connectivity index (χ0) is 25.4. The van der Waals surface area contributed by atoms with Gasteiger partial charge >= 0.3 is 0 Å². The molecule has 9 aromatic rings. The molecule has 0 unspecified atom stereocenters. The number of hydrogen-bond acceptors (Lipinski definition) is 2. The van der Waals surface area contributed by atoms with E-state index >= 15 is 0 Å². The molecule has 7 aromatic carbocycles. The molecule has 0 aliphatic rings. The third kappa shape index (κ3) is 2.27. The van der Waals surface area contributed by atoms with Crippen molar-refractivity contribution in [2.45, 2.75) is 0 Å². The van der Waals surface area contributed by atoms with Crippen LogP contribution in [0.4, 0.5) is 17.6 Å². The van der Waals surface area contributed by atoms with Gasteiger partial charge in [0.1, 0.15) is 0 Å². The van der Waals surface area contributed by atoms with Crippen molar-refractivity contribution in [2.75, 3.05) is 0 Å². The molecule has 2 heterocycles. The van der Waals surface area contributed by atoms with Crippen molar-refractivity contribution < 1.29 is 17.6 Å². The molecule has 2 N–H and O–H groups in total. The second-order valence-electron chi connectivity index (χ2n) is 9.69. The molecule has 0 spiro atoms. The van der Waals surface area contributed by atoms with Crippen LogP contribution in [0.5, 0.6) is 0 Å². The van der Waals surface area contributed by atoms with Crippen LogP contribution in [0, 0.1) is 23.3 Å². The zero-order valence-corrected chi connectivity index (χ0v) is 19.2. The Morgan fingerprint density at radius 2 is 0.868 bits per heavy atom. The van der Waals surface area contributed by atoms with Gasteiger partial charge in [0.05, 0.1) is 44.1 Å². The minimum atomic E-state index is -0.956. The first-order valence-corrected chi connectivity index (χ1v) is 11.9. The van der Waals surface area contributed by atoms with Crippen LogP contribution in [0.1, 0.15) is 0 Å². The van der Waals surface area contributed by atoms with Gasteiger partial charge in [-0.15, -0.1) is 0 Å². The molecule has 38 heavy (non-hydrogen) atoms. The molecule has 2 aromatic heterocycles. The maximum Gasteiger partial charge on any atom is 0.161 e. The van der Waals surface area contributed by atoms with Gasteiger partial charge in [-0.25, -0.2) is 27.5 Å². The largest absolute Gasteiger partial charge is 0.351 e. The summed E-state index contributed by atoms with van der Waals surface area (Å²) in [7, 11) is 0. The molecule has 0 saturated carbocycles. The van der Waals surface area contributed by atoms with Gasteiger partial charge in [0, 0.05) is 56.6 Å². The molecule has 0 radical (unpaired) electrons. The fourth-order valence-corrected chi connectivity index (χ4v) is 6.19. The van der Waals surface area contributed by atoms with E-state index in [1.54, 1.807) is 0 Å². The zero-order valence-electron chi connectivity index (χ0n) is 19.2. The van der Waals surface area contributed by atoms with Crippen LogP contribution in [-0.2, 0) is 0 Å². The number of fused-ring (bicyclic) bond motifs is 10. The molecule has 0 aliphatic heterocycles. The number of halogens is 4. The average molecular weight is 504 g/mol. The number of aromatic nitrogens is 4. The lowest BCUT2D eigenvalue weighted by atomic mass is 9.96. The summed E-state index contributed by atoms with van der Waals surface area (Å²) in [5.74, 6) is -3.81. The van der Waals surface area contributed by atoms with Crippen molar-refractivity contribution in [1.82, 2.24) is 19.9 Å². The predicted octanol–water partition coefficient (Wildman–Crippen LogP) is 8.35. The molecule has 9 rings (SSSR count). The molecule has 0 fully saturated rings. The number of nitrogens with one attached hydrogen (secondary N) is 2. The van der Waals surface area contributed by atoms with E-state index in [1.165, 1.54) is 0 Å². The van der Waals surface area contributed by atoms with Crippen molar-refractivity contribution in [3.8, 4) is 0 Å². The second-order valence-corrected chi connectivity index (χ2v) is 9.69. The van der Waals surface area contributed by atoms with Gasteiger partial charge < -0.3 is 9.97 Å². The molecule has 0 amide bonds. The van der Waals surface area contributed by atoms with E-state index in [-0.39, 0.29) is 0 Å². The summed E-state index contributed by atoms with van der Waals surface area (Å²) in [5, 5.41) is 7.35. The highest BCUT2D eigenvalue weighted by Gasteiger charge is 2.24. The average Bonchev–Trinajstić information content (AvgIpc) is 3.40. The van der Waals surface area contributed by atoms with Crippen LogP contribution in [0.3, 0.4) is 0 Å². The summed E-state index contributed by atoms with van der Waals surface area (Å²) in [5.41, 5.74) is 4.20. The van der Waals surface area contributed by atoms with E-state index in [0.717, 1.165) is 78.4 Å². The van der Waals surface area contributed by atoms with Crippen molar-refractivity contribution in [2.24, 2.45) is 0 Å². The number of nitrogens with zero attached hydrogens (tertiary/aromatic N) is 2. The van der Waals surface area contributed by atoms with Crippen molar-refractivity contribution >= 4 is 87.2 Å². The summed E-state index contributed by atoms with van der Waals surface area (Å²) < 4.78 is 56.2. The maximum absolute atomic E-state index is 14.1.